The predicted octanol–water partition coefficient (Wildman–Crippen LogP) is 3.84. The number of alkyl halides is 2. The molecule has 0 aliphatic heterocycles. The monoisotopic (exact) mass is 448 g/mol. The van der Waals surface area contributed by atoms with Gasteiger partial charge in [0.15, 0.2) is 0 Å². The van der Waals surface area contributed by atoms with Gasteiger partial charge >= 0.3 is 0 Å². The fourth-order valence-electron chi connectivity index (χ4n) is 3.90. The molecule has 0 saturated heterocycles. The molecule has 1 aliphatic rings. The molecule has 32 heavy (non-hydrogen) atoms. The molecule has 170 valence electrons. The first-order valence-electron chi connectivity index (χ1n) is 10.1. The third kappa shape index (κ3) is 3.58. The van der Waals surface area contributed by atoms with Gasteiger partial charge in [0, 0.05) is 11.8 Å². The number of aliphatic hydroxyl groups excluding tert-OH is 1. The van der Waals surface area contributed by atoms with Crippen LogP contribution in [-0.2, 0) is 5.54 Å². The summed E-state index contributed by atoms with van der Waals surface area (Å²) < 4.78 is 47.7. The van der Waals surface area contributed by atoms with Crippen molar-refractivity contribution in [2.24, 2.45) is 0 Å². The Morgan fingerprint density at radius 2 is 1.97 bits per heavy atom. The molecule has 3 aromatic rings. The molecule has 1 aromatic carbocycles. The Bertz CT molecular complexity index is 1240. The number of rotatable bonds is 7. The minimum absolute atomic E-state index is 0.00862. The molecular formula is C22H23F3N4O3. The van der Waals surface area contributed by atoms with Crippen LogP contribution in [0, 0.1) is 12.7 Å². The van der Waals surface area contributed by atoms with E-state index in [9.17, 15) is 23.1 Å². The molecule has 1 fully saturated rings. The van der Waals surface area contributed by atoms with Crippen LogP contribution in [0.5, 0.6) is 5.75 Å². The Morgan fingerprint density at radius 3 is 2.56 bits per heavy atom. The molecule has 1 aliphatic carbocycles. The largest absolute Gasteiger partial charge is 0.490 e. The number of fused-ring (bicyclic) bond motifs is 1. The number of aromatic nitrogens is 3. The van der Waals surface area contributed by atoms with E-state index in [4.69, 9.17) is 4.74 Å². The topological polar surface area (TPSA) is 89.3 Å². The Kier molecular flexibility index (Phi) is 5.58. The van der Waals surface area contributed by atoms with Crippen molar-refractivity contribution in [3.63, 3.8) is 0 Å². The first kappa shape index (κ1) is 22.1. The van der Waals surface area contributed by atoms with Gasteiger partial charge in [-0.2, -0.15) is 0 Å². The lowest BCUT2D eigenvalue weighted by atomic mass is 10.0. The van der Waals surface area contributed by atoms with E-state index in [1.165, 1.54) is 23.8 Å². The first-order valence-corrected chi connectivity index (χ1v) is 10.1. The number of hydrogen-bond donors (Lipinski definition) is 2. The third-order valence-corrected chi connectivity index (χ3v) is 5.89. The molecule has 1 saturated carbocycles. The van der Waals surface area contributed by atoms with Crippen LogP contribution in [-0.4, -0.2) is 33.4 Å². The second-order valence-electron chi connectivity index (χ2n) is 8.02. The fourth-order valence-corrected chi connectivity index (χ4v) is 3.90. The molecular weight excluding hydrogens is 425 g/mol. The SMILES string of the molecule is COc1c(=O)n(C2(CO)CC2)cc2c(N[C@H](C)c3cccc(C(F)F)c3F)nc(C)nc12. The molecule has 0 spiro atoms. The number of halogens is 3. The van der Waals surface area contributed by atoms with Crippen molar-refractivity contribution in [3.05, 3.63) is 57.5 Å². The van der Waals surface area contributed by atoms with Crippen LogP contribution < -0.4 is 15.6 Å². The number of nitrogens with one attached hydrogen (secondary N) is 1. The average molecular weight is 448 g/mol. The van der Waals surface area contributed by atoms with E-state index in [0.717, 1.165) is 6.07 Å². The molecule has 2 aromatic heterocycles. The summed E-state index contributed by atoms with van der Waals surface area (Å²) in [5.74, 6) is -0.339. The lowest BCUT2D eigenvalue weighted by Gasteiger charge is -2.21. The second kappa shape index (κ2) is 8.09. The highest BCUT2D eigenvalue weighted by atomic mass is 19.3. The zero-order valence-corrected chi connectivity index (χ0v) is 17.8. The Labute approximate surface area is 181 Å². The van der Waals surface area contributed by atoms with Gasteiger partial charge in [-0.1, -0.05) is 18.2 Å². The Morgan fingerprint density at radius 1 is 1.28 bits per heavy atom. The number of methoxy groups -OCH3 is 1. The maximum Gasteiger partial charge on any atom is 0.295 e. The summed E-state index contributed by atoms with van der Waals surface area (Å²) in [6.07, 6.45) is -0.106. The van der Waals surface area contributed by atoms with Gasteiger partial charge in [0.25, 0.3) is 12.0 Å². The van der Waals surface area contributed by atoms with Gasteiger partial charge in [-0.25, -0.2) is 23.1 Å². The number of aliphatic hydroxyl groups is 1. The normalized spacial score (nSPS) is 15.8. The minimum Gasteiger partial charge on any atom is -0.490 e. The first-order chi connectivity index (χ1) is 15.2. The zero-order chi connectivity index (χ0) is 23.2. The summed E-state index contributed by atoms with van der Waals surface area (Å²) in [6.45, 7) is 3.05. The summed E-state index contributed by atoms with van der Waals surface area (Å²) in [4.78, 5) is 21.7. The van der Waals surface area contributed by atoms with Crippen LogP contribution in [0.1, 0.15) is 49.2 Å². The third-order valence-electron chi connectivity index (χ3n) is 5.89. The summed E-state index contributed by atoms with van der Waals surface area (Å²) in [6, 6.07) is 3.13. The van der Waals surface area contributed by atoms with Gasteiger partial charge in [0.05, 0.1) is 36.2 Å². The number of hydrogen-bond acceptors (Lipinski definition) is 6. The minimum atomic E-state index is -2.93. The van der Waals surface area contributed by atoms with E-state index >= 15 is 0 Å². The predicted molar refractivity (Wildman–Crippen MR) is 113 cm³/mol. The number of pyridine rings is 1. The van der Waals surface area contributed by atoms with Gasteiger partial charge in [0.2, 0.25) is 5.75 Å². The van der Waals surface area contributed by atoms with Crippen molar-refractivity contribution in [1.82, 2.24) is 14.5 Å². The highest BCUT2D eigenvalue weighted by molar-refractivity contribution is 5.92. The smallest absolute Gasteiger partial charge is 0.295 e. The van der Waals surface area contributed by atoms with Gasteiger partial charge in [-0.3, -0.25) is 4.79 Å². The fraction of sp³-hybridized carbons (Fsp3) is 0.409. The molecule has 4 rings (SSSR count). The quantitative estimate of drug-likeness (QED) is 0.571. The molecule has 2 N–H and O–H groups in total. The van der Waals surface area contributed by atoms with Gasteiger partial charge < -0.3 is 19.7 Å². The van der Waals surface area contributed by atoms with Crippen molar-refractivity contribution in [3.8, 4) is 5.75 Å². The average Bonchev–Trinajstić information content (AvgIpc) is 3.54. The van der Waals surface area contributed by atoms with Crippen LogP contribution >= 0.6 is 0 Å². The molecule has 0 bridgehead atoms. The molecule has 0 amide bonds. The van der Waals surface area contributed by atoms with Crippen molar-refractivity contribution in [2.45, 2.75) is 44.7 Å². The zero-order valence-electron chi connectivity index (χ0n) is 17.8. The van der Waals surface area contributed by atoms with Gasteiger partial charge in [0.1, 0.15) is 23.0 Å². The van der Waals surface area contributed by atoms with Gasteiger partial charge in [-0.05, 0) is 26.7 Å². The number of anilines is 1. The van der Waals surface area contributed by atoms with E-state index in [1.54, 1.807) is 20.0 Å². The van der Waals surface area contributed by atoms with Crippen molar-refractivity contribution < 1.29 is 23.0 Å². The highest BCUT2D eigenvalue weighted by Crippen LogP contribution is 2.43. The van der Waals surface area contributed by atoms with Crippen LogP contribution in [0.15, 0.2) is 29.2 Å². The second-order valence-corrected chi connectivity index (χ2v) is 8.02. The van der Waals surface area contributed by atoms with E-state index in [0.29, 0.717) is 29.9 Å². The summed E-state index contributed by atoms with van der Waals surface area (Å²) in [7, 11) is 1.36. The maximum atomic E-state index is 14.7. The number of ether oxygens (including phenoxy) is 1. The maximum absolute atomic E-state index is 14.7. The molecule has 0 unspecified atom stereocenters. The van der Waals surface area contributed by atoms with Crippen LogP contribution in [0.4, 0.5) is 19.0 Å². The van der Waals surface area contributed by atoms with Crippen molar-refractivity contribution in [1.29, 1.82) is 0 Å². The number of aryl methyl sites for hydroxylation is 1. The van der Waals surface area contributed by atoms with E-state index < -0.39 is 34.9 Å². The molecule has 2 heterocycles. The van der Waals surface area contributed by atoms with Crippen LogP contribution in [0.3, 0.4) is 0 Å². The Balaban J connectivity index is 1.85. The molecule has 7 nitrogen and oxygen atoms in total. The van der Waals surface area contributed by atoms with Crippen LogP contribution in [0.25, 0.3) is 10.9 Å². The van der Waals surface area contributed by atoms with Crippen molar-refractivity contribution in [2.75, 3.05) is 19.0 Å². The van der Waals surface area contributed by atoms with E-state index in [2.05, 4.69) is 15.3 Å². The summed E-state index contributed by atoms with van der Waals surface area (Å²) in [5.41, 5.74) is -1.47. The number of benzene rings is 1. The molecule has 1 atom stereocenters. The van der Waals surface area contributed by atoms with Crippen molar-refractivity contribution >= 4 is 16.7 Å². The summed E-state index contributed by atoms with van der Waals surface area (Å²) in [5, 5.41) is 13.3. The van der Waals surface area contributed by atoms with Gasteiger partial charge in [-0.15, -0.1) is 0 Å². The van der Waals surface area contributed by atoms with E-state index in [-0.39, 0.29) is 23.4 Å². The van der Waals surface area contributed by atoms with E-state index in [1.807, 2.05) is 0 Å². The highest BCUT2D eigenvalue weighted by Gasteiger charge is 2.45. The molecule has 0 radical (unpaired) electrons. The lowest BCUT2D eigenvalue weighted by Crippen LogP contribution is -2.33. The Hall–Kier alpha value is -3.14. The van der Waals surface area contributed by atoms with Crippen LogP contribution in [0.2, 0.25) is 0 Å². The lowest BCUT2D eigenvalue weighted by molar-refractivity contribution is 0.146. The summed E-state index contributed by atoms with van der Waals surface area (Å²) >= 11 is 0. The number of nitrogens with zero attached hydrogens (tertiary/aromatic N) is 3. The standard InChI is InChI=1S/C22H23F3N4O3/c1-11(13-5-4-6-14(16(13)23)19(24)25)26-20-15-9-29(22(10-30)7-8-22)21(31)18(32-3)17(15)27-12(2)28-20/h4-6,9,11,19,30H,7-8,10H2,1-3H3,(H,26,27,28)/t11-/m1/s1. The molecule has 10 heteroatoms.